The summed E-state index contributed by atoms with van der Waals surface area (Å²) in [6, 6.07) is 9.70. The van der Waals surface area contributed by atoms with Gasteiger partial charge >= 0.3 is 0 Å². The van der Waals surface area contributed by atoms with E-state index < -0.39 is 0 Å². The SMILES string of the molecule is C=CC(=O)N[C@H]1CCOC[C@H]1Nc1ncc2cc(-c3c(Cl)c(OC)cc(OC)c3Cl)nc(NC3CCN(C)CC3)c2n1.C=CC(=O)N[C@H]1CCOC[C@H]1Nc1ncc2cc(-c3c(Cl)c(OC)cc(OC)c3Cl)nc(NC3CN(C)C3)c2n1.C=CC(=O)N[C@H]1CCOC[C@H]1Nc1ncc2cc(-c3c(Cl)c(OC)cc(OC)c3Cl)nc(NCC3CN(C)C3)c2n1. The van der Waals surface area contributed by atoms with Crippen molar-refractivity contribution in [3.63, 3.8) is 0 Å². The number of ether oxygens (including phenoxy) is 9. The van der Waals surface area contributed by atoms with Crippen LogP contribution in [0.5, 0.6) is 34.5 Å². The highest BCUT2D eigenvalue weighted by molar-refractivity contribution is 6.42. The third-order valence-corrected chi connectivity index (χ3v) is 24.2. The van der Waals surface area contributed by atoms with Gasteiger partial charge in [-0.2, -0.15) is 0 Å². The zero-order valence-corrected chi connectivity index (χ0v) is 74.0. The van der Waals surface area contributed by atoms with Gasteiger partial charge in [-0.3, -0.25) is 14.4 Å². The van der Waals surface area contributed by atoms with E-state index in [1.807, 2.05) is 18.2 Å². The van der Waals surface area contributed by atoms with Crippen LogP contribution < -0.4 is 76.3 Å². The summed E-state index contributed by atoms with van der Waals surface area (Å²) in [7, 11) is 15.5. The summed E-state index contributed by atoms with van der Waals surface area (Å²) in [6.45, 7) is 19.9. The molecular formula is C84H99Cl6N21O12. The monoisotopic (exact) mass is 1800 g/mol. The number of carbonyl (C=O) groups excluding carboxylic acids is 3. The molecule has 6 fully saturated rings. The van der Waals surface area contributed by atoms with Crippen LogP contribution in [0.1, 0.15) is 32.1 Å². The van der Waals surface area contributed by atoms with Gasteiger partial charge in [-0.15, -0.1) is 0 Å². The van der Waals surface area contributed by atoms with Crippen LogP contribution in [0.2, 0.25) is 30.1 Å². The largest absolute Gasteiger partial charge is 0.495 e. The van der Waals surface area contributed by atoms with E-state index in [1.165, 1.54) is 60.9 Å². The third-order valence-electron chi connectivity index (χ3n) is 21.9. The van der Waals surface area contributed by atoms with Crippen LogP contribution in [0.25, 0.3) is 66.5 Å². The van der Waals surface area contributed by atoms with E-state index in [9.17, 15) is 14.4 Å². The summed E-state index contributed by atoms with van der Waals surface area (Å²) in [6.07, 6.45) is 12.8. The van der Waals surface area contributed by atoms with Gasteiger partial charge in [0.25, 0.3) is 0 Å². The van der Waals surface area contributed by atoms with E-state index in [4.69, 9.17) is 142 Å². The number of hydrogen-bond acceptors (Lipinski definition) is 30. The number of halogens is 6. The standard InChI is InChI=1S/C29H35Cl2N7O4.C28H33Cl2N7O4.C27H31Cl2N7O4/c1-5-23(39)34-18-8-11-42-15-20(18)36-29-32-14-16-12-19(24-25(30)21(40-3)13-22(41-4)26(24)31)35-28(27(16)37-29)33-17-6-9-38(2)10-7-17;1-5-22(38)33-17-6-7-41-14-19(17)35-28-32-11-16-8-18(23-24(29)20(39-3)9-21(40-4)25(23)30)34-27(26(16)36-28)31-10-15-12-37(2)13-15;1-5-21(37)32-16-6-7-40-13-18(16)34-27-30-10-14-8-17(22-23(28)19(38-3)9-20(39-4)24(22)29)33-26(25(14)35-27)31-15-11-36(2)12-15/h5,12-14,17-18,20H,1,6-11,15H2,2-4H3,(H,33,35)(H,34,39)(H,32,36,37);5,8-9,11,15,17,19H,1,6-7,10,12-14H2,2-4H3,(H,31,34)(H,33,38)(H,32,35,36);5,8-10,15-16,18H,1,6-7,11-13H2,2-4H3,(H,31,33)(H,32,37)(H,30,34,35)/t18-,20+;17-,19+;16-,18+/m000/s1. The lowest BCUT2D eigenvalue weighted by atomic mass is 10.0. The quantitative estimate of drug-likeness (QED) is 0.0206. The van der Waals surface area contributed by atoms with Crippen LogP contribution in [0.3, 0.4) is 0 Å². The van der Waals surface area contributed by atoms with Crippen LogP contribution in [-0.2, 0) is 28.6 Å². The second kappa shape index (κ2) is 41.6. The Labute approximate surface area is 742 Å². The Hall–Kier alpha value is -10.1. The van der Waals surface area contributed by atoms with Crippen LogP contribution in [0.4, 0.5) is 35.3 Å². The molecule has 12 heterocycles. The molecule has 0 unspecified atom stereocenters. The Balaban J connectivity index is 0.000000159. The molecule has 0 saturated carbocycles. The van der Waals surface area contributed by atoms with Crippen LogP contribution >= 0.6 is 69.6 Å². The summed E-state index contributed by atoms with van der Waals surface area (Å²) >= 11 is 40.4. The number of piperidine rings is 1. The fraction of sp³-hybridized carbons (Fsp3) is 0.429. The first kappa shape index (κ1) is 90.6. The number of nitrogens with zero attached hydrogens (tertiary/aromatic N) is 12. The Morgan fingerprint density at radius 1 is 0.407 bits per heavy atom. The summed E-state index contributed by atoms with van der Waals surface area (Å²) in [5, 5.41) is 33.7. The van der Waals surface area contributed by atoms with Crippen LogP contribution in [-0.4, -0.2) is 275 Å². The molecule has 0 bridgehead atoms. The van der Waals surface area contributed by atoms with Crippen molar-refractivity contribution in [1.29, 1.82) is 0 Å². The van der Waals surface area contributed by atoms with Crippen molar-refractivity contribution in [2.24, 2.45) is 5.92 Å². The van der Waals surface area contributed by atoms with Gasteiger partial charge in [0.1, 0.15) is 51.0 Å². The van der Waals surface area contributed by atoms with Crippen LogP contribution in [0.15, 0.2) is 93.0 Å². The van der Waals surface area contributed by atoms with Crippen molar-refractivity contribution in [2.75, 3.05) is 181 Å². The van der Waals surface area contributed by atoms with Crippen molar-refractivity contribution < 1.29 is 57.0 Å². The first-order chi connectivity index (χ1) is 59.4. The predicted molar refractivity (Wildman–Crippen MR) is 481 cm³/mol. The lowest BCUT2D eigenvalue weighted by Crippen LogP contribution is -2.52. The molecular weight excluding hydrogens is 1710 g/mol. The average Bonchev–Trinajstić information content (AvgIpc) is 0.768. The Morgan fingerprint density at radius 3 is 1.02 bits per heavy atom. The van der Waals surface area contributed by atoms with Crippen molar-refractivity contribution in [2.45, 2.75) is 80.4 Å². The number of likely N-dealkylation sites (N-methyl/N-ethyl adjacent to an activating group) is 1. The average molecular weight is 1810 g/mol. The summed E-state index contributed by atoms with van der Waals surface area (Å²) in [5.74, 6) is 5.20. The molecule has 0 spiro atoms. The van der Waals surface area contributed by atoms with Crippen molar-refractivity contribution in [3.05, 3.63) is 123 Å². The molecule has 6 aliphatic rings. The van der Waals surface area contributed by atoms with E-state index in [2.05, 4.69) is 118 Å². The molecule has 6 saturated heterocycles. The molecule has 654 valence electrons. The number of likely N-dealkylation sites (tertiary alicyclic amines) is 3. The van der Waals surface area contributed by atoms with Gasteiger partial charge in [0, 0.05) is 134 Å². The molecule has 33 nitrogen and oxygen atoms in total. The number of fused-ring (bicyclic) bond motifs is 3. The maximum Gasteiger partial charge on any atom is 0.243 e. The Bertz CT molecular complexity index is 5300. The number of amides is 3. The fourth-order valence-electron chi connectivity index (χ4n) is 15.3. The second-order valence-electron chi connectivity index (χ2n) is 30.4. The summed E-state index contributed by atoms with van der Waals surface area (Å²) in [4.78, 5) is 85.8. The maximum absolute atomic E-state index is 12.0. The minimum absolute atomic E-state index is 0.158. The Kier molecular flexibility index (Phi) is 30.6. The molecule has 9 N–H and O–H groups in total. The van der Waals surface area contributed by atoms with Crippen molar-refractivity contribution >= 4 is 155 Å². The number of pyridine rings is 3. The van der Waals surface area contributed by atoms with Crippen LogP contribution in [0, 0.1) is 5.92 Å². The molecule has 3 amide bonds. The van der Waals surface area contributed by atoms with E-state index >= 15 is 0 Å². The van der Waals surface area contributed by atoms with E-state index in [0.29, 0.717) is 215 Å². The molecule has 3 aromatic carbocycles. The van der Waals surface area contributed by atoms with Gasteiger partial charge < -0.3 is 105 Å². The number of carbonyl (C=O) groups is 3. The lowest BCUT2D eigenvalue weighted by Gasteiger charge is -2.37. The minimum Gasteiger partial charge on any atom is -0.495 e. The van der Waals surface area contributed by atoms with Gasteiger partial charge in [0.15, 0.2) is 17.5 Å². The highest BCUT2D eigenvalue weighted by atomic mass is 35.5. The number of nitrogens with one attached hydrogen (secondary N) is 9. The smallest absolute Gasteiger partial charge is 0.243 e. The number of methoxy groups -OCH3 is 6. The number of hydrogen-bond donors (Lipinski definition) is 9. The third kappa shape index (κ3) is 21.5. The summed E-state index contributed by atoms with van der Waals surface area (Å²) in [5.41, 5.74) is 4.93. The first-order valence-corrected chi connectivity index (χ1v) is 42.2. The predicted octanol–water partition coefficient (Wildman–Crippen LogP) is 11.9. The Morgan fingerprint density at radius 2 is 0.715 bits per heavy atom. The van der Waals surface area contributed by atoms with E-state index in [1.54, 1.807) is 36.8 Å². The molecule has 9 aromatic rings. The van der Waals surface area contributed by atoms with Gasteiger partial charge in [0.2, 0.25) is 35.6 Å². The van der Waals surface area contributed by atoms with Gasteiger partial charge in [-0.05, 0) is 103 Å². The maximum atomic E-state index is 12.0. The molecule has 0 aliphatic carbocycles. The summed E-state index contributed by atoms with van der Waals surface area (Å²) < 4.78 is 49.8. The van der Waals surface area contributed by atoms with E-state index in [0.717, 1.165) is 74.8 Å². The minimum atomic E-state index is -0.238. The zero-order valence-electron chi connectivity index (χ0n) is 69.5. The van der Waals surface area contributed by atoms with Crippen molar-refractivity contribution in [1.82, 2.24) is 75.5 Å². The highest BCUT2D eigenvalue weighted by Gasteiger charge is 2.35. The van der Waals surface area contributed by atoms with Gasteiger partial charge in [0.05, 0.1) is 152 Å². The molecule has 15 rings (SSSR count). The fourth-order valence-corrected chi connectivity index (χ4v) is 17.4. The zero-order chi connectivity index (χ0) is 87.3. The number of rotatable bonds is 28. The molecule has 39 heteroatoms. The normalized spacial score (nSPS) is 19.5. The molecule has 6 aliphatic heterocycles. The topological polar surface area (TPSA) is 368 Å². The molecule has 6 atom stereocenters. The number of benzene rings is 3. The number of anilines is 6. The second-order valence-corrected chi connectivity index (χ2v) is 32.6. The van der Waals surface area contributed by atoms with Crippen molar-refractivity contribution in [3.8, 4) is 68.3 Å². The first-order valence-electron chi connectivity index (χ1n) is 39.9. The lowest BCUT2D eigenvalue weighted by molar-refractivity contribution is -0.118. The molecule has 0 radical (unpaired) electrons. The molecule has 123 heavy (non-hydrogen) atoms. The molecule has 6 aromatic heterocycles. The van der Waals surface area contributed by atoms with Gasteiger partial charge in [-0.1, -0.05) is 89.3 Å². The number of aromatic nitrogens is 9. The van der Waals surface area contributed by atoms with E-state index in [-0.39, 0.29) is 66.1 Å². The van der Waals surface area contributed by atoms with Gasteiger partial charge in [-0.25, -0.2) is 44.9 Å². The highest BCUT2D eigenvalue weighted by Crippen LogP contribution is 2.50.